The number of ether oxygens (including phenoxy) is 4. The van der Waals surface area contributed by atoms with Crippen LogP contribution in [0.5, 0.6) is 11.5 Å². The van der Waals surface area contributed by atoms with Crippen LogP contribution in [0.2, 0.25) is 0 Å². The van der Waals surface area contributed by atoms with Crippen molar-refractivity contribution >= 4 is 12.1 Å². The average molecular weight is 324 g/mol. The van der Waals surface area contributed by atoms with E-state index in [0.29, 0.717) is 12.2 Å². The molecule has 23 heavy (non-hydrogen) atoms. The molecule has 0 aromatic heterocycles. The van der Waals surface area contributed by atoms with Crippen molar-refractivity contribution < 1.29 is 28.5 Å². The van der Waals surface area contributed by atoms with Crippen LogP contribution >= 0.6 is 0 Å². The number of hydrogen-bond acceptors (Lipinski definition) is 7. The largest absolute Gasteiger partial charge is 0.454 e. The Hall–Kier alpha value is -2.48. The van der Waals surface area contributed by atoms with E-state index in [1.165, 1.54) is 4.90 Å². The van der Waals surface area contributed by atoms with Crippen LogP contribution in [-0.2, 0) is 20.7 Å². The number of hydrogen-bond donors (Lipinski definition) is 1. The van der Waals surface area contributed by atoms with Crippen molar-refractivity contribution in [2.24, 2.45) is 5.73 Å². The summed E-state index contributed by atoms with van der Waals surface area (Å²) in [6.07, 6.45) is 0.0354. The number of nitrogens with zero attached hydrogens (tertiary/aromatic N) is 1. The molecule has 1 aliphatic rings. The molecule has 1 atom stereocenters. The summed E-state index contributed by atoms with van der Waals surface area (Å²) in [6, 6.07) is 5.54. The minimum absolute atomic E-state index is 0.118. The average Bonchev–Trinajstić information content (AvgIpc) is 3.01. The summed E-state index contributed by atoms with van der Waals surface area (Å²) in [6.45, 7) is 1.41. The fraction of sp³-hybridized carbons (Fsp3) is 0.467. The third-order valence-corrected chi connectivity index (χ3v) is 3.49. The highest BCUT2D eigenvalue weighted by molar-refractivity contribution is 5.71. The second-order valence-corrected chi connectivity index (χ2v) is 5.10. The van der Waals surface area contributed by atoms with Crippen LogP contribution in [0.25, 0.3) is 0 Å². The van der Waals surface area contributed by atoms with Crippen LogP contribution in [0, 0.1) is 0 Å². The fourth-order valence-electron chi connectivity index (χ4n) is 2.03. The Labute approximate surface area is 134 Å². The minimum Gasteiger partial charge on any atom is -0.454 e. The van der Waals surface area contributed by atoms with Crippen LogP contribution in [0.1, 0.15) is 12.5 Å². The summed E-state index contributed by atoms with van der Waals surface area (Å²) >= 11 is 0. The van der Waals surface area contributed by atoms with Crippen LogP contribution in [-0.4, -0.2) is 50.2 Å². The molecule has 2 N–H and O–H groups in total. The number of fused-ring (bicyclic) bond motifs is 1. The molecule has 1 aromatic rings. The van der Waals surface area contributed by atoms with Gasteiger partial charge in [0.05, 0.1) is 6.54 Å². The summed E-state index contributed by atoms with van der Waals surface area (Å²) in [5.74, 6) is 0.790. The molecule has 0 bridgehead atoms. The third-order valence-electron chi connectivity index (χ3n) is 3.49. The van der Waals surface area contributed by atoms with Crippen molar-refractivity contribution in [2.45, 2.75) is 19.4 Å². The maximum absolute atomic E-state index is 11.9. The van der Waals surface area contributed by atoms with E-state index in [1.54, 1.807) is 7.05 Å². The molecule has 0 spiro atoms. The molecule has 8 heteroatoms. The third kappa shape index (κ3) is 4.49. The molecule has 0 radical (unpaired) electrons. The van der Waals surface area contributed by atoms with E-state index >= 15 is 0 Å². The highest BCUT2D eigenvalue weighted by atomic mass is 16.7. The van der Waals surface area contributed by atoms with Gasteiger partial charge >= 0.3 is 12.1 Å². The van der Waals surface area contributed by atoms with Gasteiger partial charge in [-0.2, -0.15) is 0 Å². The van der Waals surface area contributed by atoms with E-state index in [2.05, 4.69) is 4.74 Å². The van der Waals surface area contributed by atoms with Crippen molar-refractivity contribution in [1.29, 1.82) is 0 Å². The van der Waals surface area contributed by atoms with Gasteiger partial charge < -0.3 is 29.6 Å². The minimum atomic E-state index is -0.631. The molecule has 8 nitrogen and oxygen atoms in total. The lowest BCUT2D eigenvalue weighted by atomic mass is 10.1. The molecule has 0 saturated carbocycles. The van der Waals surface area contributed by atoms with Crippen LogP contribution in [0.15, 0.2) is 18.2 Å². The van der Waals surface area contributed by atoms with Gasteiger partial charge in [-0.15, -0.1) is 0 Å². The summed E-state index contributed by atoms with van der Waals surface area (Å²) in [4.78, 5) is 24.2. The van der Waals surface area contributed by atoms with E-state index in [9.17, 15) is 9.59 Å². The molecule has 0 saturated heterocycles. The Kier molecular flexibility index (Phi) is 5.64. The van der Waals surface area contributed by atoms with Crippen molar-refractivity contribution in [1.82, 2.24) is 4.90 Å². The molecule has 1 unspecified atom stereocenters. The number of esters is 1. The SMILES string of the molecule is CC(Cc1ccc2c(c1)OCO2)N(C)C(=O)OCOC(=O)CN. The number of rotatable bonds is 6. The van der Waals surface area contributed by atoms with Gasteiger partial charge in [-0.1, -0.05) is 6.07 Å². The zero-order valence-electron chi connectivity index (χ0n) is 13.1. The molecule has 1 aliphatic heterocycles. The predicted octanol–water partition coefficient (Wildman–Crippen LogP) is 0.874. The zero-order valence-corrected chi connectivity index (χ0v) is 13.1. The quantitative estimate of drug-likeness (QED) is 0.612. The highest BCUT2D eigenvalue weighted by Crippen LogP contribution is 2.32. The second kappa shape index (κ2) is 7.68. The number of carbonyl (C=O) groups excluding carboxylic acids is 2. The Morgan fingerprint density at radius 1 is 1.30 bits per heavy atom. The first kappa shape index (κ1) is 16.9. The standard InChI is InChI=1S/C15H20N2O6/c1-10(17(2)15(19)23-9-22-14(18)7-16)5-11-3-4-12-13(6-11)21-8-20-12/h3-4,6,10H,5,7-9,16H2,1-2H3. The van der Waals surface area contributed by atoms with Crippen LogP contribution in [0.3, 0.4) is 0 Å². The molecule has 126 valence electrons. The molecule has 0 fully saturated rings. The summed E-state index contributed by atoms with van der Waals surface area (Å²) in [7, 11) is 1.62. The highest BCUT2D eigenvalue weighted by Gasteiger charge is 2.19. The van der Waals surface area contributed by atoms with Gasteiger partial charge in [0, 0.05) is 13.1 Å². The lowest BCUT2D eigenvalue weighted by Gasteiger charge is -2.24. The molecule has 2 rings (SSSR count). The van der Waals surface area contributed by atoms with Crippen LogP contribution in [0.4, 0.5) is 4.79 Å². The van der Waals surface area contributed by atoms with E-state index in [-0.39, 0.29) is 19.4 Å². The lowest BCUT2D eigenvalue weighted by molar-refractivity contribution is -0.150. The monoisotopic (exact) mass is 324 g/mol. The van der Waals surface area contributed by atoms with Gasteiger partial charge in [-0.3, -0.25) is 4.79 Å². The van der Waals surface area contributed by atoms with E-state index < -0.39 is 18.9 Å². The Morgan fingerprint density at radius 2 is 2.04 bits per heavy atom. The zero-order chi connectivity index (χ0) is 16.8. The molecule has 1 heterocycles. The predicted molar refractivity (Wildman–Crippen MR) is 80.0 cm³/mol. The first-order valence-corrected chi connectivity index (χ1v) is 7.15. The summed E-state index contributed by atoms with van der Waals surface area (Å²) < 4.78 is 20.0. The van der Waals surface area contributed by atoms with E-state index in [0.717, 1.165) is 11.3 Å². The van der Waals surface area contributed by atoms with Gasteiger partial charge in [-0.05, 0) is 31.0 Å². The van der Waals surface area contributed by atoms with E-state index in [4.69, 9.17) is 19.9 Å². The smallest absolute Gasteiger partial charge is 0.412 e. The Morgan fingerprint density at radius 3 is 2.78 bits per heavy atom. The number of nitrogens with two attached hydrogens (primary N) is 1. The normalized spacial score (nSPS) is 13.3. The van der Waals surface area contributed by atoms with Gasteiger partial charge in [0.1, 0.15) is 0 Å². The fourth-order valence-corrected chi connectivity index (χ4v) is 2.03. The van der Waals surface area contributed by atoms with Gasteiger partial charge in [0.25, 0.3) is 0 Å². The second-order valence-electron chi connectivity index (χ2n) is 5.10. The molecular weight excluding hydrogens is 304 g/mol. The first-order chi connectivity index (χ1) is 11.0. The van der Waals surface area contributed by atoms with Crippen molar-refractivity contribution in [3.63, 3.8) is 0 Å². The van der Waals surface area contributed by atoms with Gasteiger partial charge in [0.15, 0.2) is 11.5 Å². The molecular formula is C15H20N2O6. The van der Waals surface area contributed by atoms with Crippen molar-refractivity contribution in [3.8, 4) is 11.5 Å². The lowest BCUT2D eigenvalue weighted by Crippen LogP contribution is -2.37. The Balaban J connectivity index is 1.83. The Bertz CT molecular complexity index is 577. The van der Waals surface area contributed by atoms with Crippen molar-refractivity contribution in [3.05, 3.63) is 23.8 Å². The van der Waals surface area contributed by atoms with Crippen LogP contribution < -0.4 is 15.2 Å². The van der Waals surface area contributed by atoms with Crippen molar-refractivity contribution in [2.75, 3.05) is 27.2 Å². The van der Waals surface area contributed by atoms with Gasteiger partial charge in [-0.25, -0.2) is 4.79 Å². The topological polar surface area (TPSA) is 100 Å². The maximum atomic E-state index is 11.9. The number of carbonyl (C=O) groups is 2. The number of amides is 1. The summed E-state index contributed by atoms with van der Waals surface area (Å²) in [5.41, 5.74) is 6.09. The first-order valence-electron chi connectivity index (χ1n) is 7.15. The molecule has 0 aliphatic carbocycles. The number of likely N-dealkylation sites (N-methyl/N-ethyl adjacent to an activating group) is 1. The summed E-state index contributed by atoms with van der Waals surface area (Å²) in [5, 5.41) is 0. The molecule has 1 amide bonds. The number of benzene rings is 1. The molecule has 1 aromatic carbocycles. The maximum Gasteiger partial charge on any atom is 0.412 e. The van der Waals surface area contributed by atoms with E-state index in [1.807, 2.05) is 25.1 Å². The van der Waals surface area contributed by atoms with Gasteiger partial charge in [0.2, 0.25) is 13.6 Å².